The van der Waals surface area contributed by atoms with Crippen molar-refractivity contribution in [2.75, 3.05) is 0 Å². The average molecular weight is 339 g/mol. The molecule has 1 heterocycles. The highest BCUT2D eigenvalue weighted by molar-refractivity contribution is 9.10. The molecule has 0 amide bonds. The molecule has 4 nitrogen and oxygen atoms in total. The largest absolute Gasteiger partial charge is 0.485 e. The van der Waals surface area contributed by atoms with E-state index in [9.17, 15) is 0 Å². The third-order valence-electron chi connectivity index (χ3n) is 2.77. The zero-order chi connectivity index (χ0) is 14.5. The maximum absolute atomic E-state index is 5.83. The van der Waals surface area contributed by atoms with Crippen molar-refractivity contribution >= 4 is 15.9 Å². The molecule has 0 aliphatic carbocycles. The van der Waals surface area contributed by atoms with Crippen LogP contribution in [0.15, 0.2) is 33.3 Å². The summed E-state index contributed by atoms with van der Waals surface area (Å²) in [6.45, 7) is 7.29. The quantitative estimate of drug-likeness (QED) is 0.869. The van der Waals surface area contributed by atoms with E-state index in [0.717, 1.165) is 33.8 Å². The van der Waals surface area contributed by atoms with Crippen LogP contribution >= 0.6 is 15.9 Å². The highest BCUT2D eigenvalue weighted by Gasteiger charge is 2.08. The smallest absolute Gasteiger partial charge is 0.174 e. The number of nitrogens with one attached hydrogen (secondary N) is 1. The van der Waals surface area contributed by atoms with E-state index in [2.05, 4.69) is 46.3 Å². The van der Waals surface area contributed by atoms with Gasteiger partial charge in [-0.15, -0.1) is 0 Å². The monoisotopic (exact) mass is 338 g/mol. The molecular weight excluding hydrogens is 320 g/mol. The predicted molar refractivity (Wildman–Crippen MR) is 81.7 cm³/mol. The van der Waals surface area contributed by atoms with Crippen LogP contribution in [0.1, 0.15) is 30.9 Å². The van der Waals surface area contributed by atoms with E-state index in [1.807, 2.05) is 25.1 Å². The first-order chi connectivity index (χ1) is 9.54. The summed E-state index contributed by atoms with van der Waals surface area (Å²) in [7, 11) is 0. The molecule has 0 fully saturated rings. The third kappa shape index (κ3) is 4.35. The van der Waals surface area contributed by atoms with Crippen LogP contribution in [-0.2, 0) is 13.2 Å². The van der Waals surface area contributed by atoms with E-state index >= 15 is 0 Å². The van der Waals surface area contributed by atoms with Crippen LogP contribution in [-0.4, -0.2) is 11.2 Å². The van der Waals surface area contributed by atoms with E-state index in [4.69, 9.17) is 9.26 Å². The second kappa shape index (κ2) is 6.90. The minimum absolute atomic E-state index is 0.386. The van der Waals surface area contributed by atoms with E-state index in [0.29, 0.717) is 12.6 Å². The summed E-state index contributed by atoms with van der Waals surface area (Å²) < 4.78 is 12.0. The molecule has 1 aromatic heterocycles. The number of hydrogen-bond acceptors (Lipinski definition) is 4. The molecule has 20 heavy (non-hydrogen) atoms. The topological polar surface area (TPSA) is 47.3 Å². The van der Waals surface area contributed by atoms with E-state index in [1.54, 1.807) is 0 Å². The van der Waals surface area contributed by atoms with Crippen LogP contribution in [0, 0.1) is 6.92 Å². The van der Waals surface area contributed by atoms with Gasteiger partial charge in [0.15, 0.2) is 5.76 Å². The molecule has 2 rings (SSSR count). The standard InChI is InChI=1S/C15H19BrN2O2/c1-10(2)17-8-12-7-13(16)4-5-15(12)19-9-14-6-11(3)18-20-14/h4-7,10,17H,8-9H2,1-3H3. The summed E-state index contributed by atoms with van der Waals surface area (Å²) in [6, 6.07) is 8.31. The van der Waals surface area contributed by atoms with Gasteiger partial charge in [-0.25, -0.2) is 0 Å². The molecular formula is C15H19BrN2O2. The Balaban J connectivity index is 2.05. The van der Waals surface area contributed by atoms with Gasteiger partial charge >= 0.3 is 0 Å². The molecule has 2 aromatic rings. The summed E-state index contributed by atoms with van der Waals surface area (Å²) in [5.41, 5.74) is 1.98. The third-order valence-corrected chi connectivity index (χ3v) is 3.26. The second-order valence-corrected chi connectivity index (χ2v) is 5.93. The van der Waals surface area contributed by atoms with Gasteiger partial charge in [-0.05, 0) is 25.1 Å². The first-order valence-electron chi connectivity index (χ1n) is 6.61. The van der Waals surface area contributed by atoms with Crippen LogP contribution in [0.5, 0.6) is 5.75 Å². The van der Waals surface area contributed by atoms with Crippen molar-refractivity contribution in [3.05, 3.63) is 45.8 Å². The molecule has 1 N–H and O–H groups in total. The van der Waals surface area contributed by atoms with Gasteiger partial charge in [-0.3, -0.25) is 0 Å². The fourth-order valence-electron chi connectivity index (χ4n) is 1.77. The Morgan fingerprint density at radius 3 is 2.80 bits per heavy atom. The maximum Gasteiger partial charge on any atom is 0.174 e. The molecule has 0 spiro atoms. The first kappa shape index (κ1) is 15.1. The molecule has 0 aliphatic rings. The summed E-state index contributed by atoms with van der Waals surface area (Å²) in [5, 5.41) is 7.25. The molecule has 0 atom stereocenters. The van der Waals surface area contributed by atoms with Crippen molar-refractivity contribution in [1.29, 1.82) is 0 Å². The Morgan fingerprint density at radius 1 is 1.35 bits per heavy atom. The number of aryl methyl sites for hydroxylation is 1. The number of hydrogen-bond donors (Lipinski definition) is 1. The lowest BCUT2D eigenvalue weighted by atomic mass is 10.2. The molecule has 0 saturated heterocycles. The van der Waals surface area contributed by atoms with Gasteiger partial charge in [0.25, 0.3) is 0 Å². The lowest BCUT2D eigenvalue weighted by molar-refractivity contribution is 0.246. The number of nitrogens with zero attached hydrogens (tertiary/aromatic N) is 1. The Bertz CT molecular complexity index is 567. The second-order valence-electron chi connectivity index (χ2n) is 5.01. The lowest BCUT2D eigenvalue weighted by Crippen LogP contribution is -2.22. The Kier molecular flexibility index (Phi) is 5.20. The summed E-state index contributed by atoms with van der Waals surface area (Å²) >= 11 is 3.49. The Labute approximate surface area is 127 Å². The van der Waals surface area contributed by atoms with Gasteiger partial charge < -0.3 is 14.6 Å². The first-order valence-corrected chi connectivity index (χ1v) is 7.40. The van der Waals surface area contributed by atoms with Crippen LogP contribution in [0.2, 0.25) is 0 Å². The van der Waals surface area contributed by atoms with Crippen molar-refractivity contribution in [1.82, 2.24) is 10.5 Å². The zero-order valence-corrected chi connectivity index (χ0v) is 13.5. The van der Waals surface area contributed by atoms with E-state index < -0.39 is 0 Å². The maximum atomic E-state index is 5.83. The van der Waals surface area contributed by atoms with Gasteiger partial charge in [0.05, 0.1) is 5.69 Å². The summed E-state index contributed by atoms with van der Waals surface area (Å²) in [6.07, 6.45) is 0. The Hall–Kier alpha value is -1.33. The molecule has 5 heteroatoms. The normalized spacial score (nSPS) is 11.1. The summed E-state index contributed by atoms with van der Waals surface area (Å²) in [5.74, 6) is 1.59. The number of ether oxygens (including phenoxy) is 1. The van der Waals surface area contributed by atoms with Crippen molar-refractivity contribution in [3.63, 3.8) is 0 Å². The van der Waals surface area contributed by atoms with Crippen molar-refractivity contribution in [3.8, 4) is 5.75 Å². The summed E-state index contributed by atoms with van der Waals surface area (Å²) in [4.78, 5) is 0. The fraction of sp³-hybridized carbons (Fsp3) is 0.400. The number of halogens is 1. The minimum Gasteiger partial charge on any atom is -0.485 e. The lowest BCUT2D eigenvalue weighted by Gasteiger charge is -2.13. The molecule has 0 saturated carbocycles. The highest BCUT2D eigenvalue weighted by atomic mass is 79.9. The van der Waals surface area contributed by atoms with Crippen LogP contribution in [0.25, 0.3) is 0 Å². The van der Waals surface area contributed by atoms with Gasteiger partial charge in [-0.2, -0.15) is 0 Å². The zero-order valence-electron chi connectivity index (χ0n) is 11.9. The molecule has 0 unspecified atom stereocenters. The van der Waals surface area contributed by atoms with Crippen molar-refractivity contribution < 1.29 is 9.26 Å². The molecule has 108 valence electrons. The van der Waals surface area contributed by atoms with Crippen LogP contribution in [0.4, 0.5) is 0 Å². The van der Waals surface area contributed by atoms with Gasteiger partial charge in [0.2, 0.25) is 0 Å². The Morgan fingerprint density at radius 2 is 2.15 bits per heavy atom. The van der Waals surface area contributed by atoms with Crippen LogP contribution < -0.4 is 10.1 Å². The fourth-order valence-corrected chi connectivity index (χ4v) is 2.18. The highest BCUT2D eigenvalue weighted by Crippen LogP contribution is 2.24. The molecule has 0 radical (unpaired) electrons. The van der Waals surface area contributed by atoms with Gasteiger partial charge in [-0.1, -0.05) is 34.9 Å². The van der Waals surface area contributed by atoms with E-state index in [1.165, 1.54) is 0 Å². The van der Waals surface area contributed by atoms with Crippen LogP contribution in [0.3, 0.4) is 0 Å². The molecule has 0 aliphatic heterocycles. The van der Waals surface area contributed by atoms with Gasteiger partial charge in [0, 0.05) is 28.7 Å². The number of rotatable bonds is 6. The van der Waals surface area contributed by atoms with Crippen molar-refractivity contribution in [2.45, 2.75) is 40.0 Å². The number of benzene rings is 1. The molecule has 1 aromatic carbocycles. The van der Waals surface area contributed by atoms with Crippen molar-refractivity contribution in [2.24, 2.45) is 0 Å². The van der Waals surface area contributed by atoms with Gasteiger partial charge in [0.1, 0.15) is 12.4 Å². The average Bonchev–Trinajstić information content (AvgIpc) is 2.81. The number of aromatic nitrogens is 1. The molecule has 0 bridgehead atoms. The predicted octanol–water partition coefficient (Wildman–Crippen LogP) is 3.82. The minimum atomic E-state index is 0.386. The SMILES string of the molecule is Cc1cc(COc2ccc(Br)cc2CNC(C)C)on1. The van der Waals surface area contributed by atoms with E-state index in [-0.39, 0.29) is 0 Å².